The lowest BCUT2D eigenvalue weighted by Crippen LogP contribution is -2.37. The highest BCUT2D eigenvalue weighted by molar-refractivity contribution is 5.30. The highest BCUT2D eigenvalue weighted by Gasteiger charge is 2.23. The maximum absolute atomic E-state index is 5.95. The second-order valence-corrected chi connectivity index (χ2v) is 5.40. The lowest BCUT2D eigenvalue weighted by Gasteiger charge is -2.29. The molecule has 0 bridgehead atoms. The first-order chi connectivity index (χ1) is 9.35. The fourth-order valence-electron chi connectivity index (χ4n) is 2.84. The molecule has 0 saturated carbocycles. The Morgan fingerprint density at radius 1 is 1.37 bits per heavy atom. The summed E-state index contributed by atoms with van der Waals surface area (Å²) in [6.45, 7) is 3.05. The van der Waals surface area contributed by atoms with Crippen LogP contribution in [0.3, 0.4) is 0 Å². The first-order valence-electron chi connectivity index (χ1n) is 7.50. The molecular formula is C16H26N2O. The molecule has 3 nitrogen and oxygen atoms in total. The number of hydrogen-bond donors (Lipinski definition) is 2. The van der Waals surface area contributed by atoms with E-state index in [0.29, 0.717) is 6.04 Å². The van der Waals surface area contributed by atoms with Crippen LogP contribution in [0.25, 0.3) is 0 Å². The van der Waals surface area contributed by atoms with Crippen molar-refractivity contribution in [2.75, 3.05) is 6.61 Å². The van der Waals surface area contributed by atoms with Gasteiger partial charge >= 0.3 is 0 Å². The van der Waals surface area contributed by atoms with Crippen LogP contribution in [-0.4, -0.2) is 12.6 Å². The van der Waals surface area contributed by atoms with E-state index in [0.717, 1.165) is 25.9 Å². The molecule has 0 fully saturated rings. The minimum absolute atomic E-state index is 0.202. The van der Waals surface area contributed by atoms with E-state index in [9.17, 15) is 0 Å². The van der Waals surface area contributed by atoms with Gasteiger partial charge in [0.15, 0.2) is 0 Å². The summed E-state index contributed by atoms with van der Waals surface area (Å²) in [6.07, 6.45) is 7.10. The Balaban J connectivity index is 1.94. The lowest BCUT2D eigenvalue weighted by atomic mass is 9.92. The largest absolute Gasteiger partial charge is 0.373 e. The summed E-state index contributed by atoms with van der Waals surface area (Å²) in [7, 11) is 0. The summed E-state index contributed by atoms with van der Waals surface area (Å²) in [4.78, 5) is 0. The van der Waals surface area contributed by atoms with Crippen LogP contribution in [0.2, 0.25) is 0 Å². The molecule has 19 heavy (non-hydrogen) atoms. The quantitative estimate of drug-likeness (QED) is 0.451. The van der Waals surface area contributed by atoms with Crippen LogP contribution in [0, 0.1) is 0 Å². The van der Waals surface area contributed by atoms with Gasteiger partial charge < -0.3 is 4.74 Å². The van der Waals surface area contributed by atoms with E-state index < -0.39 is 0 Å². The summed E-state index contributed by atoms with van der Waals surface area (Å²) in [6, 6.07) is 8.97. The number of fused-ring (bicyclic) bond motifs is 1. The van der Waals surface area contributed by atoms with Crippen molar-refractivity contribution in [1.29, 1.82) is 0 Å². The first kappa shape index (κ1) is 14.5. The van der Waals surface area contributed by atoms with Gasteiger partial charge in [-0.2, -0.15) is 0 Å². The van der Waals surface area contributed by atoms with E-state index in [1.807, 2.05) is 0 Å². The zero-order valence-corrected chi connectivity index (χ0v) is 11.9. The Morgan fingerprint density at radius 3 is 3.00 bits per heavy atom. The molecule has 3 N–H and O–H groups in total. The minimum atomic E-state index is 0.202. The Kier molecular flexibility index (Phi) is 5.83. The molecule has 0 amide bonds. The Hall–Kier alpha value is -0.900. The smallest absolute Gasteiger partial charge is 0.0843 e. The van der Waals surface area contributed by atoms with Crippen molar-refractivity contribution in [3.63, 3.8) is 0 Å². The van der Waals surface area contributed by atoms with Gasteiger partial charge in [0, 0.05) is 6.04 Å². The Morgan fingerprint density at radius 2 is 2.21 bits per heavy atom. The van der Waals surface area contributed by atoms with Gasteiger partial charge in [-0.1, -0.05) is 50.5 Å². The number of nitrogens with one attached hydrogen (secondary N) is 1. The van der Waals surface area contributed by atoms with E-state index in [-0.39, 0.29) is 6.10 Å². The summed E-state index contributed by atoms with van der Waals surface area (Å²) in [5.74, 6) is 5.69. The minimum Gasteiger partial charge on any atom is -0.373 e. The second-order valence-electron chi connectivity index (χ2n) is 5.40. The molecular weight excluding hydrogens is 236 g/mol. The number of nitrogens with two attached hydrogens (primary N) is 1. The summed E-state index contributed by atoms with van der Waals surface area (Å²) < 4.78 is 5.95. The molecule has 0 radical (unpaired) electrons. The number of ether oxygens (including phenoxy) is 1. The average molecular weight is 262 g/mol. The predicted molar refractivity (Wildman–Crippen MR) is 78.7 cm³/mol. The Bertz CT molecular complexity index is 381. The molecule has 1 heterocycles. The van der Waals surface area contributed by atoms with Crippen LogP contribution in [0.5, 0.6) is 0 Å². The van der Waals surface area contributed by atoms with Gasteiger partial charge in [0.2, 0.25) is 0 Å². The van der Waals surface area contributed by atoms with Crippen molar-refractivity contribution >= 4 is 0 Å². The zero-order valence-electron chi connectivity index (χ0n) is 11.9. The van der Waals surface area contributed by atoms with E-state index >= 15 is 0 Å². The van der Waals surface area contributed by atoms with Gasteiger partial charge in [-0.15, -0.1) is 0 Å². The average Bonchev–Trinajstić information content (AvgIpc) is 2.46. The molecule has 1 aromatic rings. The van der Waals surface area contributed by atoms with Crippen LogP contribution in [0.1, 0.15) is 56.3 Å². The summed E-state index contributed by atoms with van der Waals surface area (Å²) in [5.41, 5.74) is 5.74. The van der Waals surface area contributed by atoms with Crippen molar-refractivity contribution in [2.45, 2.75) is 57.6 Å². The van der Waals surface area contributed by atoms with Gasteiger partial charge in [-0.3, -0.25) is 11.3 Å². The maximum atomic E-state index is 5.95. The van der Waals surface area contributed by atoms with Gasteiger partial charge in [0.25, 0.3) is 0 Å². The molecule has 2 unspecified atom stereocenters. The molecule has 1 aromatic carbocycles. The Labute approximate surface area is 116 Å². The normalized spacial score (nSPS) is 20.0. The van der Waals surface area contributed by atoms with E-state index in [1.165, 1.54) is 30.4 Å². The van der Waals surface area contributed by atoms with Crippen molar-refractivity contribution in [1.82, 2.24) is 5.43 Å². The first-order valence-corrected chi connectivity index (χ1v) is 7.50. The van der Waals surface area contributed by atoms with Crippen molar-refractivity contribution in [2.24, 2.45) is 5.84 Å². The van der Waals surface area contributed by atoms with E-state index in [4.69, 9.17) is 10.6 Å². The maximum Gasteiger partial charge on any atom is 0.0843 e. The standard InChI is InChI=1S/C16H26N2O/c1-2-3-4-8-14(18-17)12-16-15-9-6-5-7-13(15)10-11-19-16/h5-7,9,14,16,18H,2-4,8,10-12,17H2,1H3. The highest BCUT2D eigenvalue weighted by Crippen LogP contribution is 2.31. The van der Waals surface area contributed by atoms with E-state index in [2.05, 4.69) is 36.6 Å². The number of hydrogen-bond acceptors (Lipinski definition) is 3. The molecule has 106 valence electrons. The van der Waals surface area contributed by atoms with Crippen LogP contribution in [-0.2, 0) is 11.2 Å². The molecule has 1 aliphatic rings. The third-order valence-electron chi connectivity index (χ3n) is 3.98. The van der Waals surface area contributed by atoms with Gasteiger partial charge in [-0.05, 0) is 30.4 Å². The SMILES string of the molecule is CCCCCC(CC1OCCc2ccccc21)NN. The van der Waals surface area contributed by atoms with Gasteiger partial charge in [0.05, 0.1) is 12.7 Å². The van der Waals surface area contributed by atoms with E-state index in [1.54, 1.807) is 0 Å². The van der Waals surface area contributed by atoms with Crippen molar-refractivity contribution in [3.8, 4) is 0 Å². The van der Waals surface area contributed by atoms with Gasteiger partial charge in [-0.25, -0.2) is 0 Å². The fourth-order valence-corrected chi connectivity index (χ4v) is 2.84. The topological polar surface area (TPSA) is 47.3 Å². The summed E-state index contributed by atoms with van der Waals surface area (Å²) >= 11 is 0. The number of hydrazine groups is 1. The van der Waals surface area contributed by atoms with Crippen LogP contribution in [0.4, 0.5) is 0 Å². The molecule has 1 aliphatic heterocycles. The third-order valence-corrected chi connectivity index (χ3v) is 3.98. The van der Waals surface area contributed by atoms with Crippen LogP contribution in [0.15, 0.2) is 24.3 Å². The third kappa shape index (κ3) is 4.03. The molecule has 0 spiro atoms. The van der Waals surface area contributed by atoms with Crippen LogP contribution >= 0.6 is 0 Å². The molecule has 2 atom stereocenters. The number of rotatable bonds is 7. The lowest BCUT2D eigenvalue weighted by molar-refractivity contribution is 0.0286. The molecule has 0 aromatic heterocycles. The number of unbranched alkanes of at least 4 members (excludes halogenated alkanes) is 2. The van der Waals surface area contributed by atoms with Crippen molar-refractivity contribution in [3.05, 3.63) is 35.4 Å². The monoisotopic (exact) mass is 262 g/mol. The molecule has 0 aliphatic carbocycles. The predicted octanol–water partition coefficient (Wildman–Crippen LogP) is 3.10. The fraction of sp³-hybridized carbons (Fsp3) is 0.625. The van der Waals surface area contributed by atoms with Crippen molar-refractivity contribution < 1.29 is 4.74 Å². The number of benzene rings is 1. The summed E-state index contributed by atoms with van der Waals surface area (Å²) in [5, 5.41) is 0. The van der Waals surface area contributed by atoms with Gasteiger partial charge in [0.1, 0.15) is 0 Å². The zero-order chi connectivity index (χ0) is 13.5. The highest BCUT2D eigenvalue weighted by atomic mass is 16.5. The second kappa shape index (κ2) is 7.63. The van der Waals surface area contributed by atoms with Crippen LogP contribution < -0.4 is 11.3 Å². The molecule has 3 heteroatoms. The molecule has 2 rings (SSSR count). The molecule has 0 saturated heterocycles.